The molecule has 0 aliphatic heterocycles. The number of benzene rings is 10. The molecule has 0 unspecified atom stereocenters. The standard InChI is InChI=1S/C65H45N5/c1-6-20-48(21-7-1)67(49-22-8-2-9-23-49)53-38-34-46(35-39-53)60-44-55(45-61(66-60)47-36-40-54(41-37-47)68(50-24-10-3-11-25-50)51-26-12-4-13-27-51)70-63-33-19-17-31-57(63)59-43-42-58-56-30-16-18-32-62(56)69(64(58)65(59)70)52-28-14-5-15-29-52/h1-45H. The summed E-state index contributed by atoms with van der Waals surface area (Å²) in [6, 6.07) is 97.4. The van der Waals surface area contributed by atoms with Gasteiger partial charge in [-0.05, 0) is 109 Å². The Morgan fingerprint density at radius 2 is 0.571 bits per heavy atom. The maximum Gasteiger partial charge on any atom is 0.0788 e. The van der Waals surface area contributed by atoms with Gasteiger partial charge in [0.15, 0.2) is 0 Å². The van der Waals surface area contributed by atoms with Crippen molar-refractivity contribution in [1.82, 2.24) is 14.1 Å². The van der Waals surface area contributed by atoms with Crippen molar-refractivity contribution < 1.29 is 0 Å². The fourth-order valence-electron chi connectivity index (χ4n) is 10.3. The van der Waals surface area contributed by atoms with Gasteiger partial charge in [0.1, 0.15) is 0 Å². The first-order valence-electron chi connectivity index (χ1n) is 23.8. The number of para-hydroxylation sites is 7. The van der Waals surface area contributed by atoms with Crippen LogP contribution in [0.2, 0.25) is 0 Å². The molecule has 0 spiro atoms. The maximum atomic E-state index is 5.54. The van der Waals surface area contributed by atoms with E-state index in [-0.39, 0.29) is 0 Å². The van der Waals surface area contributed by atoms with Crippen molar-refractivity contribution >= 4 is 77.7 Å². The summed E-state index contributed by atoms with van der Waals surface area (Å²) >= 11 is 0. The van der Waals surface area contributed by atoms with E-state index in [1.165, 1.54) is 32.6 Å². The molecule has 0 N–H and O–H groups in total. The van der Waals surface area contributed by atoms with E-state index in [2.05, 4.69) is 292 Å². The van der Waals surface area contributed by atoms with E-state index in [1.807, 2.05) is 0 Å². The Morgan fingerprint density at radius 3 is 0.957 bits per heavy atom. The highest BCUT2D eigenvalue weighted by Crippen LogP contribution is 2.44. The number of hydrogen-bond donors (Lipinski definition) is 0. The summed E-state index contributed by atoms with van der Waals surface area (Å²) in [4.78, 5) is 10.1. The lowest BCUT2D eigenvalue weighted by molar-refractivity contribution is 1.14. The first-order valence-corrected chi connectivity index (χ1v) is 23.8. The largest absolute Gasteiger partial charge is 0.311 e. The number of fused-ring (bicyclic) bond motifs is 7. The quantitative estimate of drug-likeness (QED) is 0.137. The number of nitrogens with zero attached hydrogens (tertiary/aromatic N) is 5. The van der Waals surface area contributed by atoms with Crippen LogP contribution in [0.4, 0.5) is 34.1 Å². The lowest BCUT2D eigenvalue weighted by Crippen LogP contribution is -2.09. The van der Waals surface area contributed by atoms with Gasteiger partial charge in [-0.1, -0.05) is 164 Å². The summed E-state index contributed by atoms with van der Waals surface area (Å²) in [5.74, 6) is 0. The molecule has 70 heavy (non-hydrogen) atoms. The SMILES string of the molecule is c1ccc(N(c2ccccc2)c2ccc(-c3cc(-n4c5ccccc5c5ccc6c7ccccc7n(-c7ccccc7)c6c54)cc(-c4ccc(N(c5ccccc5)c5ccccc5)cc4)n3)cc2)cc1. The van der Waals surface area contributed by atoms with Gasteiger partial charge in [0.25, 0.3) is 0 Å². The number of rotatable bonds is 10. The number of aromatic nitrogens is 3. The Morgan fingerprint density at radius 1 is 0.257 bits per heavy atom. The Bertz CT molecular complexity index is 3740. The Labute approximate surface area is 406 Å². The third-order valence-corrected chi connectivity index (χ3v) is 13.5. The fourth-order valence-corrected chi connectivity index (χ4v) is 10.3. The van der Waals surface area contributed by atoms with E-state index in [9.17, 15) is 0 Å². The summed E-state index contributed by atoms with van der Waals surface area (Å²) in [6.45, 7) is 0. The van der Waals surface area contributed by atoms with Crippen LogP contribution in [0, 0.1) is 0 Å². The van der Waals surface area contributed by atoms with Gasteiger partial charge in [-0.3, -0.25) is 0 Å². The van der Waals surface area contributed by atoms with Crippen molar-refractivity contribution in [2.45, 2.75) is 0 Å². The third-order valence-electron chi connectivity index (χ3n) is 13.5. The van der Waals surface area contributed by atoms with Gasteiger partial charge in [0.05, 0.1) is 39.1 Å². The lowest BCUT2D eigenvalue weighted by atomic mass is 10.0. The molecule has 13 rings (SSSR count). The van der Waals surface area contributed by atoms with Gasteiger partial charge >= 0.3 is 0 Å². The van der Waals surface area contributed by atoms with Crippen LogP contribution in [0.15, 0.2) is 273 Å². The van der Waals surface area contributed by atoms with Gasteiger partial charge in [0.2, 0.25) is 0 Å². The molecule has 3 heterocycles. The second-order valence-electron chi connectivity index (χ2n) is 17.6. The highest BCUT2D eigenvalue weighted by atomic mass is 15.1. The van der Waals surface area contributed by atoms with Crippen molar-refractivity contribution in [3.8, 4) is 33.9 Å². The van der Waals surface area contributed by atoms with Crippen LogP contribution in [-0.4, -0.2) is 14.1 Å². The van der Waals surface area contributed by atoms with E-state index in [4.69, 9.17) is 4.98 Å². The first-order chi connectivity index (χ1) is 34.7. The molecule has 5 heteroatoms. The molecular formula is C65H45N5. The molecule has 3 aromatic heterocycles. The Kier molecular flexibility index (Phi) is 10.1. The van der Waals surface area contributed by atoms with Crippen LogP contribution in [0.5, 0.6) is 0 Å². The summed E-state index contributed by atoms with van der Waals surface area (Å²) in [7, 11) is 0. The Balaban J connectivity index is 1.04. The van der Waals surface area contributed by atoms with Gasteiger partial charge in [-0.25, -0.2) is 4.98 Å². The minimum absolute atomic E-state index is 0.881. The monoisotopic (exact) mass is 895 g/mol. The van der Waals surface area contributed by atoms with Crippen LogP contribution in [-0.2, 0) is 0 Å². The van der Waals surface area contributed by atoms with Crippen LogP contribution in [0.25, 0.3) is 77.5 Å². The van der Waals surface area contributed by atoms with Crippen molar-refractivity contribution in [3.05, 3.63) is 273 Å². The molecule has 0 amide bonds. The van der Waals surface area contributed by atoms with E-state index < -0.39 is 0 Å². The summed E-state index contributed by atoms with van der Waals surface area (Å²) < 4.78 is 4.92. The van der Waals surface area contributed by atoms with E-state index >= 15 is 0 Å². The second-order valence-corrected chi connectivity index (χ2v) is 17.6. The number of hydrogen-bond acceptors (Lipinski definition) is 3. The zero-order chi connectivity index (χ0) is 46.4. The second kappa shape index (κ2) is 17.3. The van der Waals surface area contributed by atoms with E-state index in [1.54, 1.807) is 0 Å². The van der Waals surface area contributed by atoms with Gasteiger partial charge in [0, 0.05) is 72.5 Å². The molecule has 5 nitrogen and oxygen atoms in total. The average molecular weight is 896 g/mol. The zero-order valence-corrected chi connectivity index (χ0v) is 38.2. The van der Waals surface area contributed by atoms with Crippen LogP contribution in [0.3, 0.4) is 0 Å². The summed E-state index contributed by atoms with van der Waals surface area (Å²) in [5, 5.41) is 4.82. The summed E-state index contributed by atoms with van der Waals surface area (Å²) in [5.41, 5.74) is 17.1. The Hall–Kier alpha value is -9.45. The normalized spacial score (nSPS) is 11.4. The van der Waals surface area contributed by atoms with Crippen molar-refractivity contribution in [3.63, 3.8) is 0 Å². The molecule has 0 bridgehead atoms. The molecular weight excluding hydrogens is 851 g/mol. The minimum atomic E-state index is 0.881. The molecule has 0 saturated carbocycles. The number of pyridine rings is 1. The maximum absolute atomic E-state index is 5.54. The van der Waals surface area contributed by atoms with Crippen LogP contribution >= 0.6 is 0 Å². The first kappa shape index (κ1) is 40.8. The van der Waals surface area contributed by atoms with Gasteiger partial charge < -0.3 is 18.9 Å². The molecule has 0 aliphatic carbocycles. The smallest absolute Gasteiger partial charge is 0.0788 e. The molecule has 330 valence electrons. The predicted octanol–water partition coefficient (Wildman–Crippen LogP) is 17.5. The third kappa shape index (κ3) is 7.08. The molecule has 0 fully saturated rings. The molecule has 10 aromatic carbocycles. The van der Waals surface area contributed by atoms with E-state index in [0.717, 1.165) is 79.0 Å². The molecule has 0 saturated heterocycles. The van der Waals surface area contributed by atoms with Gasteiger partial charge in [-0.15, -0.1) is 0 Å². The topological polar surface area (TPSA) is 29.2 Å². The van der Waals surface area contributed by atoms with Gasteiger partial charge in [-0.2, -0.15) is 0 Å². The van der Waals surface area contributed by atoms with Crippen molar-refractivity contribution in [1.29, 1.82) is 0 Å². The molecule has 0 atom stereocenters. The van der Waals surface area contributed by atoms with E-state index in [0.29, 0.717) is 0 Å². The zero-order valence-electron chi connectivity index (χ0n) is 38.2. The average Bonchev–Trinajstić information content (AvgIpc) is 3.96. The minimum Gasteiger partial charge on any atom is -0.311 e. The van der Waals surface area contributed by atoms with Crippen molar-refractivity contribution in [2.24, 2.45) is 0 Å². The van der Waals surface area contributed by atoms with Crippen LogP contribution < -0.4 is 9.80 Å². The molecule has 0 aliphatic rings. The lowest BCUT2D eigenvalue weighted by Gasteiger charge is -2.25. The number of anilines is 6. The van der Waals surface area contributed by atoms with Crippen LogP contribution in [0.1, 0.15) is 0 Å². The highest BCUT2D eigenvalue weighted by Gasteiger charge is 2.23. The summed E-state index contributed by atoms with van der Waals surface area (Å²) in [6.07, 6.45) is 0. The molecule has 13 aromatic rings. The highest BCUT2D eigenvalue weighted by molar-refractivity contribution is 6.23. The predicted molar refractivity (Wildman–Crippen MR) is 293 cm³/mol. The fraction of sp³-hybridized carbons (Fsp3) is 0. The van der Waals surface area contributed by atoms with Crippen molar-refractivity contribution in [2.75, 3.05) is 9.80 Å². The molecule has 0 radical (unpaired) electrons.